The number of hydrogen-bond acceptors (Lipinski definition) is 2. The van der Waals surface area contributed by atoms with Crippen molar-refractivity contribution in [1.29, 1.82) is 0 Å². The minimum Gasteiger partial charge on any atom is -0.466 e. The molecule has 2 heteroatoms. The minimum absolute atomic E-state index is 0. The Kier molecular flexibility index (Phi) is 5.28. The molecule has 1 aromatic rings. The lowest BCUT2D eigenvalue weighted by Crippen LogP contribution is -1.92. The van der Waals surface area contributed by atoms with Crippen molar-refractivity contribution in [2.45, 2.75) is 7.43 Å². The largest absolute Gasteiger partial charge is 0.466 e. The molecule has 0 heterocycles. The maximum absolute atomic E-state index is 10.7. The highest BCUT2D eigenvalue weighted by Gasteiger charge is 1.89. The zero-order valence-corrected chi connectivity index (χ0v) is 6.86. The second-order valence-corrected chi connectivity index (χ2v) is 2.27. The van der Waals surface area contributed by atoms with Crippen LogP contribution in [0.15, 0.2) is 36.4 Å². The fraction of sp³-hybridized carbons (Fsp3) is 0.182. The molecule has 2 nitrogen and oxygen atoms in total. The maximum Gasteiger partial charge on any atom is 0.330 e. The van der Waals surface area contributed by atoms with E-state index in [0.717, 1.165) is 5.56 Å². The molecule has 0 amide bonds. The van der Waals surface area contributed by atoms with E-state index in [1.807, 2.05) is 30.3 Å². The van der Waals surface area contributed by atoms with Gasteiger partial charge < -0.3 is 4.74 Å². The van der Waals surface area contributed by atoms with Crippen LogP contribution in [0.2, 0.25) is 0 Å². The van der Waals surface area contributed by atoms with Crippen LogP contribution in [-0.2, 0) is 9.53 Å². The van der Waals surface area contributed by atoms with Gasteiger partial charge in [-0.1, -0.05) is 37.8 Å². The zero-order chi connectivity index (χ0) is 8.81. The topological polar surface area (TPSA) is 26.3 Å². The second kappa shape index (κ2) is 6.00. The highest BCUT2D eigenvalue weighted by atomic mass is 16.5. The van der Waals surface area contributed by atoms with Crippen molar-refractivity contribution >= 4 is 12.0 Å². The molecular weight excluding hydrogens is 164 g/mol. The van der Waals surface area contributed by atoms with Crippen molar-refractivity contribution in [1.82, 2.24) is 0 Å². The first kappa shape index (κ1) is 11.4. The van der Waals surface area contributed by atoms with Gasteiger partial charge in [0.15, 0.2) is 0 Å². The highest BCUT2D eigenvalue weighted by molar-refractivity contribution is 5.86. The number of carbonyl (C=O) groups is 1. The molecule has 1 rings (SSSR count). The molecule has 70 valence electrons. The summed E-state index contributed by atoms with van der Waals surface area (Å²) in [7, 11) is 1.36. The molecule has 0 aliphatic heterocycles. The van der Waals surface area contributed by atoms with E-state index in [0.29, 0.717) is 0 Å². The molecule has 0 N–H and O–H groups in total. The van der Waals surface area contributed by atoms with Gasteiger partial charge in [-0.2, -0.15) is 0 Å². The van der Waals surface area contributed by atoms with E-state index in [9.17, 15) is 4.79 Å². The van der Waals surface area contributed by atoms with E-state index in [1.54, 1.807) is 6.08 Å². The van der Waals surface area contributed by atoms with Crippen molar-refractivity contribution in [3.63, 3.8) is 0 Å². The van der Waals surface area contributed by atoms with Crippen LogP contribution in [0.4, 0.5) is 0 Å². The average Bonchev–Trinajstić information content (AvgIpc) is 2.16. The smallest absolute Gasteiger partial charge is 0.330 e. The molecule has 0 bridgehead atoms. The Morgan fingerprint density at radius 2 is 1.92 bits per heavy atom. The first-order valence-electron chi connectivity index (χ1n) is 3.64. The van der Waals surface area contributed by atoms with E-state index in [2.05, 4.69) is 4.74 Å². The number of methoxy groups -OCH3 is 1. The summed E-state index contributed by atoms with van der Waals surface area (Å²) >= 11 is 0. The lowest BCUT2D eigenvalue weighted by atomic mass is 10.2. The van der Waals surface area contributed by atoms with Gasteiger partial charge in [0, 0.05) is 6.08 Å². The average molecular weight is 178 g/mol. The van der Waals surface area contributed by atoms with E-state index in [-0.39, 0.29) is 13.4 Å². The Morgan fingerprint density at radius 1 is 1.31 bits per heavy atom. The van der Waals surface area contributed by atoms with Crippen molar-refractivity contribution in [3.05, 3.63) is 42.0 Å². The first-order chi connectivity index (χ1) is 5.83. The maximum atomic E-state index is 10.7. The molecule has 0 aliphatic carbocycles. The predicted molar refractivity (Wildman–Crippen MR) is 54.2 cm³/mol. The second-order valence-electron chi connectivity index (χ2n) is 2.27. The summed E-state index contributed by atoms with van der Waals surface area (Å²) in [6.07, 6.45) is 3.11. The monoisotopic (exact) mass is 178 g/mol. The molecule has 0 aliphatic rings. The normalized spacial score (nSPS) is 9.31. The summed E-state index contributed by atoms with van der Waals surface area (Å²) in [5.74, 6) is -0.334. The number of ether oxygens (including phenoxy) is 1. The van der Waals surface area contributed by atoms with Gasteiger partial charge in [-0.3, -0.25) is 0 Å². The standard InChI is InChI=1S/C10H10O2.CH4/c1-12-10(11)8-7-9-5-3-2-4-6-9;/h2-8H,1H3;1H4/b8-7+;. The SMILES string of the molecule is C.COC(=O)/C=C/c1ccccc1. The van der Waals surface area contributed by atoms with Crippen LogP contribution in [0.25, 0.3) is 6.08 Å². The number of carbonyl (C=O) groups excluding carboxylic acids is 1. The van der Waals surface area contributed by atoms with E-state index < -0.39 is 0 Å². The molecule has 0 radical (unpaired) electrons. The molecule has 0 saturated carbocycles. The fourth-order valence-corrected chi connectivity index (χ4v) is 0.796. The molecule has 0 atom stereocenters. The lowest BCUT2D eigenvalue weighted by molar-refractivity contribution is -0.134. The van der Waals surface area contributed by atoms with Gasteiger partial charge in [0.05, 0.1) is 7.11 Å². The van der Waals surface area contributed by atoms with Crippen LogP contribution >= 0.6 is 0 Å². The van der Waals surface area contributed by atoms with Gasteiger partial charge in [-0.25, -0.2) is 4.79 Å². The van der Waals surface area contributed by atoms with Crippen LogP contribution in [-0.4, -0.2) is 13.1 Å². The Bertz CT molecular complexity index is 275. The summed E-state index contributed by atoms with van der Waals surface area (Å²) in [6, 6.07) is 9.59. The molecule has 1 aromatic carbocycles. The summed E-state index contributed by atoms with van der Waals surface area (Å²) in [5, 5.41) is 0. The molecular formula is C11H14O2. The van der Waals surface area contributed by atoms with Gasteiger partial charge >= 0.3 is 5.97 Å². The quantitative estimate of drug-likeness (QED) is 0.513. The van der Waals surface area contributed by atoms with E-state index >= 15 is 0 Å². The number of rotatable bonds is 2. The van der Waals surface area contributed by atoms with Gasteiger partial charge in [0.1, 0.15) is 0 Å². The van der Waals surface area contributed by atoms with Gasteiger partial charge in [-0.15, -0.1) is 0 Å². The molecule has 0 spiro atoms. The number of benzene rings is 1. The van der Waals surface area contributed by atoms with Crippen molar-refractivity contribution in [2.75, 3.05) is 7.11 Å². The molecule has 0 unspecified atom stereocenters. The Morgan fingerprint density at radius 3 is 2.46 bits per heavy atom. The summed E-state index contributed by atoms with van der Waals surface area (Å²) in [5.41, 5.74) is 0.989. The van der Waals surface area contributed by atoms with Crippen LogP contribution < -0.4 is 0 Å². The minimum atomic E-state index is -0.334. The summed E-state index contributed by atoms with van der Waals surface area (Å²) in [6.45, 7) is 0. The Hall–Kier alpha value is -1.57. The third-order valence-corrected chi connectivity index (χ3v) is 1.41. The Labute approximate surface area is 78.8 Å². The third kappa shape index (κ3) is 4.11. The zero-order valence-electron chi connectivity index (χ0n) is 6.86. The third-order valence-electron chi connectivity index (χ3n) is 1.41. The van der Waals surface area contributed by atoms with Gasteiger partial charge in [0.2, 0.25) is 0 Å². The van der Waals surface area contributed by atoms with Crippen molar-refractivity contribution < 1.29 is 9.53 Å². The van der Waals surface area contributed by atoms with Crippen LogP contribution in [0.1, 0.15) is 13.0 Å². The molecule has 13 heavy (non-hydrogen) atoms. The molecule has 0 fully saturated rings. The van der Waals surface area contributed by atoms with Crippen molar-refractivity contribution in [2.24, 2.45) is 0 Å². The highest BCUT2D eigenvalue weighted by Crippen LogP contribution is 2.00. The summed E-state index contributed by atoms with van der Waals surface area (Å²) in [4.78, 5) is 10.7. The van der Waals surface area contributed by atoms with E-state index in [1.165, 1.54) is 13.2 Å². The van der Waals surface area contributed by atoms with Crippen LogP contribution in [0, 0.1) is 0 Å². The number of hydrogen-bond donors (Lipinski definition) is 0. The van der Waals surface area contributed by atoms with Crippen LogP contribution in [0.5, 0.6) is 0 Å². The van der Waals surface area contributed by atoms with Crippen molar-refractivity contribution in [3.8, 4) is 0 Å². The van der Waals surface area contributed by atoms with Gasteiger partial charge in [0.25, 0.3) is 0 Å². The molecule has 0 aromatic heterocycles. The van der Waals surface area contributed by atoms with Crippen LogP contribution in [0.3, 0.4) is 0 Å². The van der Waals surface area contributed by atoms with Gasteiger partial charge in [-0.05, 0) is 11.6 Å². The summed E-state index contributed by atoms with van der Waals surface area (Å²) < 4.78 is 4.45. The lowest BCUT2D eigenvalue weighted by Gasteiger charge is -1.91. The Balaban J connectivity index is 0.00000144. The number of esters is 1. The predicted octanol–water partition coefficient (Wildman–Crippen LogP) is 2.51. The fourth-order valence-electron chi connectivity index (χ4n) is 0.796. The first-order valence-corrected chi connectivity index (χ1v) is 3.64. The molecule has 0 saturated heterocycles. The van der Waals surface area contributed by atoms with E-state index in [4.69, 9.17) is 0 Å².